The molecule has 1 atom stereocenters. The number of ether oxygens (including phenoxy) is 1. The molecule has 1 aromatic heterocycles. The van der Waals surface area contributed by atoms with E-state index in [0.717, 1.165) is 12.1 Å². The minimum atomic E-state index is -0.223. The maximum absolute atomic E-state index is 12.8. The standard InChI is InChI=1S/C18H19Cl2N3O3S2/c1-10-7-14-16(28-10)17(25)23(5-6-26-2)18(22-14)27-9-15(24)21-11-3-4-12(19)13(20)8-11/h3-4,8,10H,5-7,9H2,1-2H3,(H,21,24)/t10-/m1/s1. The van der Waals surface area contributed by atoms with Crippen LogP contribution in [-0.4, -0.2) is 40.2 Å². The Labute approximate surface area is 181 Å². The third-order valence-electron chi connectivity index (χ3n) is 4.02. The normalized spacial score (nSPS) is 15.5. The lowest BCUT2D eigenvalue weighted by Crippen LogP contribution is -2.27. The Bertz CT molecular complexity index is 952. The van der Waals surface area contributed by atoms with Crippen molar-refractivity contribution in [2.45, 2.75) is 35.2 Å². The van der Waals surface area contributed by atoms with Crippen LogP contribution >= 0.6 is 46.7 Å². The van der Waals surface area contributed by atoms with Gasteiger partial charge in [0.2, 0.25) is 5.91 Å². The van der Waals surface area contributed by atoms with Gasteiger partial charge in [-0.25, -0.2) is 4.98 Å². The van der Waals surface area contributed by atoms with E-state index in [1.807, 2.05) is 0 Å². The summed E-state index contributed by atoms with van der Waals surface area (Å²) in [6, 6.07) is 4.89. The van der Waals surface area contributed by atoms with Gasteiger partial charge in [0.05, 0.1) is 39.5 Å². The summed E-state index contributed by atoms with van der Waals surface area (Å²) in [6.07, 6.45) is 0.753. The van der Waals surface area contributed by atoms with E-state index < -0.39 is 0 Å². The van der Waals surface area contributed by atoms with Crippen LogP contribution in [-0.2, 0) is 22.5 Å². The lowest BCUT2D eigenvalue weighted by Gasteiger charge is -2.13. The van der Waals surface area contributed by atoms with E-state index in [0.29, 0.717) is 44.2 Å². The van der Waals surface area contributed by atoms with Gasteiger partial charge in [0.1, 0.15) is 0 Å². The maximum atomic E-state index is 12.8. The Balaban J connectivity index is 1.74. The Morgan fingerprint density at radius 1 is 1.43 bits per heavy atom. The van der Waals surface area contributed by atoms with Crippen LogP contribution < -0.4 is 10.9 Å². The Morgan fingerprint density at radius 2 is 2.21 bits per heavy atom. The number of halogens is 2. The second-order valence-electron chi connectivity index (χ2n) is 6.22. The molecule has 0 saturated heterocycles. The summed E-state index contributed by atoms with van der Waals surface area (Å²) < 4.78 is 6.70. The van der Waals surface area contributed by atoms with Crippen LogP contribution in [0.5, 0.6) is 0 Å². The molecule has 2 heterocycles. The summed E-state index contributed by atoms with van der Waals surface area (Å²) in [4.78, 5) is 30.5. The number of nitrogens with zero attached hydrogens (tertiary/aromatic N) is 2. The molecular formula is C18H19Cl2N3O3S2. The van der Waals surface area contributed by atoms with Gasteiger partial charge in [0.25, 0.3) is 5.56 Å². The van der Waals surface area contributed by atoms with Crippen LogP contribution in [0.4, 0.5) is 5.69 Å². The molecule has 10 heteroatoms. The van der Waals surface area contributed by atoms with E-state index in [1.165, 1.54) is 11.8 Å². The molecule has 1 amide bonds. The van der Waals surface area contributed by atoms with Gasteiger partial charge in [-0.2, -0.15) is 0 Å². The first kappa shape index (κ1) is 21.5. The first-order valence-electron chi connectivity index (χ1n) is 8.56. The third kappa shape index (κ3) is 5.04. The maximum Gasteiger partial charge on any atom is 0.268 e. The summed E-state index contributed by atoms with van der Waals surface area (Å²) in [5, 5.41) is 4.41. The quantitative estimate of drug-likeness (QED) is 0.498. The van der Waals surface area contributed by atoms with Crippen molar-refractivity contribution in [1.82, 2.24) is 9.55 Å². The molecule has 0 spiro atoms. The highest BCUT2D eigenvalue weighted by molar-refractivity contribution is 8.00. The zero-order valence-electron chi connectivity index (χ0n) is 15.3. The SMILES string of the molecule is COCCn1c(SCC(=O)Nc2ccc(Cl)c(Cl)c2)nc2c(c1=O)S[C@H](C)C2. The molecule has 28 heavy (non-hydrogen) atoms. The van der Waals surface area contributed by atoms with Crippen LogP contribution in [0.2, 0.25) is 10.0 Å². The molecule has 6 nitrogen and oxygen atoms in total. The number of methoxy groups -OCH3 is 1. The average molecular weight is 460 g/mol. The molecule has 0 bridgehead atoms. The topological polar surface area (TPSA) is 73.2 Å². The number of carbonyl (C=O) groups excluding carboxylic acids is 1. The number of hydrogen-bond donors (Lipinski definition) is 1. The molecule has 0 fully saturated rings. The third-order valence-corrected chi connectivity index (χ3v) is 6.95. The number of rotatable bonds is 7. The zero-order valence-corrected chi connectivity index (χ0v) is 18.5. The number of thioether (sulfide) groups is 2. The van der Waals surface area contributed by atoms with Gasteiger partial charge in [-0.1, -0.05) is 41.9 Å². The number of hydrogen-bond acceptors (Lipinski definition) is 6. The minimum absolute atomic E-state index is 0.0659. The Morgan fingerprint density at radius 3 is 2.93 bits per heavy atom. The van der Waals surface area contributed by atoms with Crippen LogP contribution in [0.15, 0.2) is 33.0 Å². The number of fused-ring (bicyclic) bond motifs is 1. The van der Waals surface area contributed by atoms with Gasteiger partial charge in [0.15, 0.2) is 5.16 Å². The fourth-order valence-electron chi connectivity index (χ4n) is 2.72. The van der Waals surface area contributed by atoms with Crippen molar-refractivity contribution in [1.29, 1.82) is 0 Å². The summed E-state index contributed by atoms with van der Waals surface area (Å²) in [5.41, 5.74) is 1.30. The van der Waals surface area contributed by atoms with Crippen molar-refractivity contribution >= 4 is 58.3 Å². The highest BCUT2D eigenvalue weighted by Gasteiger charge is 2.26. The van der Waals surface area contributed by atoms with E-state index in [1.54, 1.807) is 41.6 Å². The monoisotopic (exact) mass is 459 g/mol. The molecule has 1 aliphatic heterocycles. The first-order chi connectivity index (χ1) is 13.4. The minimum Gasteiger partial charge on any atom is -0.383 e. The first-order valence-corrected chi connectivity index (χ1v) is 11.2. The van der Waals surface area contributed by atoms with Gasteiger partial charge in [-0.05, 0) is 18.2 Å². The average Bonchev–Trinajstić information content (AvgIpc) is 3.03. The van der Waals surface area contributed by atoms with Crippen LogP contribution in [0.25, 0.3) is 0 Å². The molecular weight excluding hydrogens is 441 g/mol. The lowest BCUT2D eigenvalue weighted by molar-refractivity contribution is -0.113. The second-order valence-corrected chi connectivity index (χ2v) is 9.42. The molecule has 0 saturated carbocycles. The van der Waals surface area contributed by atoms with E-state index in [4.69, 9.17) is 27.9 Å². The Kier molecular flexibility index (Phi) is 7.33. The fourth-order valence-corrected chi connectivity index (χ4v) is 4.98. The molecule has 1 N–H and O–H groups in total. The van der Waals surface area contributed by atoms with Crippen LogP contribution in [0.1, 0.15) is 12.6 Å². The summed E-state index contributed by atoms with van der Waals surface area (Å²) >= 11 is 14.6. The predicted molar refractivity (Wildman–Crippen MR) is 115 cm³/mol. The molecule has 2 aromatic rings. The summed E-state index contributed by atoms with van der Waals surface area (Å²) in [5.74, 6) is -0.111. The number of anilines is 1. The highest BCUT2D eigenvalue weighted by Crippen LogP contribution is 2.34. The van der Waals surface area contributed by atoms with Crippen molar-refractivity contribution < 1.29 is 9.53 Å². The largest absolute Gasteiger partial charge is 0.383 e. The molecule has 1 aromatic carbocycles. The van der Waals surface area contributed by atoms with E-state index in [2.05, 4.69) is 17.2 Å². The van der Waals surface area contributed by atoms with Crippen LogP contribution in [0.3, 0.4) is 0 Å². The zero-order chi connectivity index (χ0) is 20.3. The molecule has 150 valence electrons. The number of benzene rings is 1. The molecule has 1 aliphatic rings. The van der Waals surface area contributed by atoms with Gasteiger partial charge in [0, 0.05) is 24.5 Å². The van der Waals surface area contributed by atoms with E-state index in [9.17, 15) is 9.59 Å². The molecule has 0 aliphatic carbocycles. The summed E-state index contributed by atoms with van der Waals surface area (Å²) in [6.45, 7) is 2.85. The van der Waals surface area contributed by atoms with Gasteiger partial charge >= 0.3 is 0 Å². The van der Waals surface area contributed by atoms with E-state index in [-0.39, 0.29) is 17.2 Å². The number of aromatic nitrogens is 2. The van der Waals surface area contributed by atoms with Crippen molar-refractivity contribution in [3.05, 3.63) is 44.3 Å². The van der Waals surface area contributed by atoms with Crippen molar-refractivity contribution in [3.63, 3.8) is 0 Å². The molecule has 3 rings (SSSR count). The number of nitrogens with one attached hydrogen (secondary N) is 1. The van der Waals surface area contributed by atoms with E-state index >= 15 is 0 Å². The lowest BCUT2D eigenvalue weighted by atomic mass is 10.2. The van der Waals surface area contributed by atoms with Gasteiger partial charge < -0.3 is 10.1 Å². The second kappa shape index (κ2) is 9.54. The van der Waals surface area contributed by atoms with Crippen molar-refractivity contribution in [3.8, 4) is 0 Å². The summed E-state index contributed by atoms with van der Waals surface area (Å²) in [7, 11) is 1.58. The molecule has 0 unspecified atom stereocenters. The Hall–Kier alpha value is -1.19. The number of amides is 1. The van der Waals surface area contributed by atoms with Crippen molar-refractivity contribution in [2.24, 2.45) is 0 Å². The predicted octanol–water partition coefficient (Wildman–Crippen LogP) is 3.96. The molecule has 0 radical (unpaired) electrons. The number of carbonyl (C=O) groups is 1. The van der Waals surface area contributed by atoms with Crippen LogP contribution in [0, 0.1) is 0 Å². The van der Waals surface area contributed by atoms with Gasteiger partial charge in [-0.3, -0.25) is 14.2 Å². The smallest absolute Gasteiger partial charge is 0.268 e. The fraction of sp³-hybridized carbons (Fsp3) is 0.389. The van der Waals surface area contributed by atoms with Crippen molar-refractivity contribution in [2.75, 3.05) is 24.8 Å². The van der Waals surface area contributed by atoms with Gasteiger partial charge in [-0.15, -0.1) is 11.8 Å². The highest BCUT2D eigenvalue weighted by atomic mass is 35.5.